The summed E-state index contributed by atoms with van der Waals surface area (Å²) in [5.74, 6) is 0.916. The largest absolute Gasteiger partial charge is 0.395 e. The number of aryl methyl sites for hydroxylation is 1. The standard InChI is InChI=1S/C26H28FIN4O2/c1-14-29-19-12-18-20(32(5)23(34)24(18,2)3)11-15(19)22(30-14)31-25(4,28)16-7-6-8-17(21(16)27)26(13-33)9-10-26/h6-8,11-12,33H,9-10,13H2,1-5H3,(H,29,30,31). The molecule has 1 aromatic heterocycles. The molecule has 1 fully saturated rings. The Morgan fingerprint density at radius 1 is 1.24 bits per heavy atom. The van der Waals surface area contributed by atoms with Gasteiger partial charge in [0.25, 0.3) is 0 Å². The van der Waals surface area contributed by atoms with E-state index in [1.165, 1.54) is 0 Å². The van der Waals surface area contributed by atoms with Gasteiger partial charge in [-0.1, -0.05) is 18.2 Å². The van der Waals surface area contributed by atoms with Gasteiger partial charge in [-0.3, -0.25) is 4.79 Å². The van der Waals surface area contributed by atoms with E-state index in [1.807, 2.05) is 45.9 Å². The normalized spacial score (nSPS) is 19.8. The van der Waals surface area contributed by atoms with Crippen LogP contribution in [0.5, 0.6) is 0 Å². The van der Waals surface area contributed by atoms with E-state index in [2.05, 4.69) is 37.9 Å². The summed E-state index contributed by atoms with van der Waals surface area (Å²) in [5.41, 5.74) is 2.49. The summed E-state index contributed by atoms with van der Waals surface area (Å²) in [6.45, 7) is 7.52. The van der Waals surface area contributed by atoms with E-state index < -0.39 is 14.4 Å². The van der Waals surface area contributed by atoms with E-state index >= 15 is 4.39 Å². The fraction of sp³-hybridized carbons (Fsp3) is 0.423. The van der Waals surface area contributed by atoms with Crippen molar-refractivity contribution in [1.29, 1.82) is 0 Å². The lowest BCUT2D eigenvalue weighted by Gasteiger charge is -2.28. The Hall–Kier alpha value is -2.33. The number of aliphatic hydroxyl groups excluding tert-OH is 1. The minimum absolute atomic E-state index is 0.0347. The van der Waals surface area contributed by atoms with Crippen molar-refractivity contribution >= 4 is 50.9 Å². The molecule has 3 aromatic rings. The molecule has 2 N–H and O–H groups in total. The number of carbonyl (C=O) groups excluding carboxylic acids is 1. The molecule has 6 nitrogen and oxygen atoms in total. The Labute approximate surface area is 212 Å². The Bertz CT molecular complexity index is 1350. The SMILES string of the molecule is Cc1nc(NC(C)(I)c2cccc(C3(CO)CC3)c2F)c2cc3c(cc2n1)C(C)(C)C(=O)N3C. The third kappa shape index (κ3) is 3.40. The first-order chi connectivity index (χ1) is 15.9. The second-order valence-corrected chi connectivity index (χ2v) is 12.4. The molecule has 34 heavy (non-hydrogen) atoms. The predicted molar refractivity (Wildman–Crippen MR) is 140 cm³/mol. The van der Waals surface area contributed by atoms with Gasteiger partial charge >= 0.3 is 0 Å². The molecule has 1 unspecified atom stereocenters. The van der Waals surface area contributed by atoms with E-state index in [0.29, 0.717) is 22.8 Å². The van der Waals surface area contributed by atoms with E-state index in [-0.39, 0.29) is 18.3 Å². The number of hydrogen-bond acceptors (Lipinski definition) is 5. The number of alkyl halides is 1. The molecule has 1 aliphatic heterocycles. The number of amides is 1. The topological polar surface area (TPSA) is 78.4 Å². The number of benzene rings is 2. The Balaban J connectivity index is 1.61. The number of carbonyl (C=O) groups is 1. The second-order valence-electron chi connectivity index (χ2n) is 10.2. The average molecular weight is 574 g/mol. The molecule has 178 valence electrons. The van der Waals surface area contributed by atoms with E-state index in [9.17, 15) is 9.90 Å². The van der Waals surface area contributed by atoms with Crippen LogP contribution in [-0.4, -0.2) is 34.6 Å². The highest BCUT2D eigenvalue weighted by molar-refractivity contribution is 14.1. The summed E-state index contributed by atoms with van der Waals surface area (Å²) in [5, 5.41) is 14.1. The number of aromatic nitrogens is 2. The van der Waals surface area contributed by atoms with Crippen molar-refractivity contribution in [2.75, 3.05) is 23.9 Å². The molecule has 8 heteroatoms. The molecular formula is C26H28FIN4O2. The molecule has 0 saturated heterocycles. The van der Waals surface area contributed by atoms with Crippen LogP contribution in [0.3, 0.4) is 0 Å². The fourth-order valence-corrected chi connectivity index (χ4v) is 5.73. The van der Waals surface area contributed by atoms with Crippen LogP contribution in [-0.2, 0) is 19.2 Å². The number of nitrogens with one attached hydrogen (secondary N) is 1. The van der Waals surface area contributed by atoms with Gasteiger partial charge < -0.3 is 15.3 Å². The predicted octanol–water partition coefficient (Wildman–Crippen LogP) is 5.08. The highest BCUT2D eigenvalue weighted by Crippen LogP contribution is 2.50. The lowest BCUT2D eigenvalue weighted by atomic mass is 9.85. The van der Waals surface area contributed by atoms with Crippen molar-refractivity contribution < 1.29 is 14.3 Å². The maximum atomic E-state index is 15.7. The maximum absolute atomic E-state index is 15.7. The van der Waals surface area contributed by atoms with Gasteiger partial charge in [-0.25, -0.2) is 14.4 Å². The summed E-state index contributed by atoms with van der Waals surface area (Å²) in [4.78, 5) is 23.8. The van der Waals surface area contributed by atoms with Gasteiger partial charge in [0, 0.05) is 29.1 Å². The van der Waals surface area contributed by atoms with Gasteiger partial charge in [0.15, 0.2) is 0 Å². The second kappa shape index (κ2) is 7.58. The van der Waals surface area contributed by atoms with Gasteiger partial charge in [0.2, 0.25) is 5.91 Å². The molecule has 1 saturated carbocycles. The number of aliphatic hydroxyl groups is 1. The maximum Gasteiger partial charge on any atom is 0.236 e. The van der Waals surface area contributed by atoms with Crippen molar-refractivity contribution in [3.8, 4) is 0 Å². The first-order valence-electron chi connectivity index (χ1n) is 11.4. The van der Waals surface area contributed by atoms with Crippen LogP contribution in [0.1, 0.15) is 56.1 Å². The monoisotopic (exact) mass is 574 g/mol. The van der Waals surface area contributed by atoms with Gasteiger partial charge in [-0.05, 0) is 86.4 Å². The molecule has 2 aliphatic rings. The molecule has 0 bridgehead atoms. The third-order valence-electron chi connectivity index (χ3n) is 7.38. The van der Waals surface area contributed by atoms with Gasteiger partial charge in [-0.2, -0.15) is 0 Å². The van der Waals surface area contributed by atoms with Crippen molar-refractivity contribution in [3.63, 3.8) is 0 Å². The summed E-state index contributed by atoms with van der Waals surface area (Å²) < 4.78 is 14.9. The molecule has 2 aromatic carbocycles. The molecule has 5 rings (SSSR count). The zero-order valence-electron chi connectivity index (χ0n) is 20.0. The zero-order chi connectivity index (χ0) is 24.6. The van der Waals surface area contributed by atoms with Crippen LogP contribution in [0.15, 0.2) is 30.3 Å². The molecule has 0 spiro atoms. The molecule has 1 aliphatic carbocycles. The Kier molecular flexibility index (Phi) is 5.22. The molecule has 1 amide bonds. The van der Waals surface area contributed by atoms with Crippen LogP contribution in [0, 0.1) is 12.7 Å². The highest BCUT2D eigenvalue weighted by Gasteiger charge is 2.47. The summed E-state index contributed by atoms with van der Waals surface area (Å²) in [6.07, 6.45) is 1.58. The molecule has 0 radical (unpaired) electrons. The van der Waals surface area contributed by atoms with Crippen molar-refractivity contribution in [2.24, 2.45) is 0 Å². The van der Waals surface area contributed by atoms with Crippen LogP contribution >= 0.6 is 22.6 Å². The van der Waals surface area contributed by atoms with Gasteiger partial charge in [-0.15, -0.1) is 0 Å². The smallest absolute Gasteiger partial charge is 0.236 e. The van der Waals surface area contributed by atoms with Crippen LogP contribution in [0.25, 0.3) is 10.9 Å². The number of fused-ring (bicyclic) bond motifs is 2. The minimum atomic E-state index is -0.822. The fourth-order valence-electron chi connectivity index (χ4n) is 5.05. The van der Waals surface area contributed by atoms with Gasteiger partial charge in [0.1, 0.15) is 21.0 Å². The first-order valence-corrected chi connectivity index (χ1v) is 12.5. The first kappa shape index (κ1) is 23.4. The minimum Gasteiger partial charge on any atom is -0.395 e. The summed E-state index contributed by atoms with van der Waals surface area (Å²) >= 11 is 2.20. The number of anilines is 2. The molecule has 2 heterocycles. The van der Waals surface area contributed by atoms with Crippen molar-refractivity contribution in [2.45, 2.75) is 54.9 Å². The molecular weight excluding hydrogens is 546 g/mol. The van der Waals surface area contributed by atoms with Crippen LogP contribution < -0.4 is 10.2 Å². The lowest BCUT2D eigenvalue weighted by molar-refractivity contribution is -0.121. The number of nitrogens with zero attached hydrogens (tertiary/aromatic N) is 3. The van der Waals surface area contributed by atoms with Crippen molar-refractivity contribution in [3.05, 3.63) is 58.7 Å². The summed E-state index contributed by atoms with van der Waals surface area (Å²) in [6, 6.07) is 9.31. The average Bonchev–Trinajstić information content (AvgIpc) is 3.55. The third-order valence-corrected chi connectivity index (χ3v) is 8.24. The van der Waals surface area contributed by atoms with Crippen LogP contribution in [0.4, 0.5) is 15.9 Å². The van der Waals surface area contributed by atoms with E-state index in [4.69, 9.17) is 0 Å². The van der Waals surface area contributed by atoms with E-state index in [0.717, 1.165) is 35.0 Å². The van der Waals surface area contributed by atoms with Gasteiger partial charge in [0.05, 0.1) is 17.5 Å². The number of rotatable bonds is 5. The number of likely N-dealkylation sites (N-methyl/N-ethyl adjacent to an activating group) is 1. The molecule has 1 atom stereocenters. The van der Waals surface area contributed by atoms with Crippen molar-refractivity contribution in [1.82, 2.24) is 9.97 Å². The Morgan fingerprint density at radius 2 is 1.94 bits per heavy atom. The lowest BCUT2D eigenvalue weighted by Crippen LogP contribution is -2.33. The summed E-state index contributed by atoms with van der Waals surface area (Å²) in [7, 11) is 1.78. The quantitative estimate of drug-likeness (QED) is 0.253. The highest BCUT2D eigenvalue weighted by atomic mass is 127. The van der Waals surface area contributed by atoms with Crippen LogP contribution in [0.2, 0.25) is 0 Å². The Morgan fingerprint density at radius 3 is 2.59 bits per heavy atom. The number of halogens is 2. The number of hydrogen-bond donors (Lipinski definition) is 2. The zero-order valence-corrected chi connectivity index (χ0v) is 22.1. The van der Waals surface area contributed by atoms with E-state index in [1.54, 1.807) is 24.1 Å².